The van der Waals surface area contributed by atoms with E-state index in [1.54, 1.807) is 0 Å². The summed E-state index contributed by atoms with van der Waals surface area (Å²) in [5, 5.41) is 8.86. The predicted molar refractivity (Wildman–Crippen MR) is 62.0 cm³/mol. The topological polar surface area (TPSA) is 42.2 Å². The Kier molecular flexibility index (Phi) is 5.33. The average Bonchev–Trinajstić information content (AvgIpc) is 2.31. The first-order valence-electron chi connectivity index (χ1n) is 5.14. The van der Waals surface area contributed by atoms with Crippen molar-refractivity contribution in [3.63, 3.8) is 0 Å². The zero-order chi connectivity index (χ0) is 16.3. The molecular weight excluding hydrogens is 372 g/mol. The van der Waals surface area contributed by atoms with E-state index in [0.29, 0.717) is 0 Å². The zero-order valence-electron chi connectivity index (χ0n) is 9.98. The zero-order valence-corrected chi connectivity index (χ0v) is 11.6. The van der Waals surface area contributed by atoms with E-state index in [0.717, 1.165) is 12.1 Å². The molecule has 0 aliphatic heterocycles. The molecule has 0 bridgehead atoms. The van der Waals surface area contributed by atoms with Gasteiger partial charge in [0.25, 0.3) is 0 Å². The molecule has 0 aliphatic rings. The van der Waals surface area contributed by atoms with Crippen molar-refractivity contribution in [2.75, 3.05) is 13.2 Å². The lowest BCUT2D eigenvalue weighted by Crippen LogP contribution is -2.21. The van der Waals surface area contributed by atoms with Crippen LogP contribution in [0.1, 0.15) is 5.56 Å². The molecule has 0 N–H and O–H groups in total. The maximum absolute atomic E-state index is 12.1. The molecular formula is C11H6BrF6NO2. The van der Waals surface area contributed by atoms with Crippen molar-refractivity contribution in [2.45, 2.75) is 12.4 Å². The van der Waals surface area contributed by atoms with Gasteiger partial charge in [0, 0.05) is 4.47 Å². The smallest absolute Gasteiger partial charge is 0.422 e. The van der Waals surface area contributed by atoms with Crippen molar-refractivity contribution < 1.29 is 35.8 Å². The molecule has 10 heteroatoms. The number of alkyl halides is 6. The van der Waals surface area contributed by atoms with Crippen LogP contribution in [-0.2, 0) is 0 Å². The first-order valence-corrected chi connectivity index (χ1v) is 5.94. The van der Waals surface area contributed by atoms with Crippen LogP contribution in [0.25, 0.3) is 0 Å². The summed E-state index contributed by atoms with van der Waals surface area (Å²) in [5.74, 6) is -1.05. The molecule has 0 aromatic heterocycles. The summed E-state index contributed by atoms with van der Waals surface area (Å²) in [5.41, 5.74) is -0.549. The molecule has 1 aromatic carbocycles. The SMILES string of the molecule is N#Cc1c(OCC(F)(F)F)cc(Br)cc1OCC(F)(F)F. The molecule has 0 fully saturated rings. The summed E-state index contributed by atoms with van der Waals surface area (Å²) < 4.78 is 81.4. The monoisotopic (exact) mass is 377 g/mol. The van der Waals surface area contributed by atoms with E-state index < -0.39 is 42.6 Å². The van der Waals surface area contributed by atoms with Gasteiger partial charge in [0.2, 0.25) is 0 Å². The van der Waals surface area contributed by atoms with Gasteiger partial charge in [0.05, 0.1) is 0 Å². The molecule has 1 rings (SSSR count). The van der Waals surface area contributed by atoms with Crippen molar-refractivity contribution in [3.05, 3.63) is 22.2 Å². The fraction of sp³-hybridized carbons (Fsp3) is 0.364. The van der Waals surface area contributed by atoms with Gasteiger partial charge in [-0.15, -0.1) is 0 Å². The third-order valence-electron chi connectivity index (χ3n) is 1.93. The second-order valence-electron chi connectivity index (χ2n) is 3.70. The van der Waals surface area contributed by atoms with Gasteiger partial charge in [0.15, 0.2) is 13.2 Å². The second-order valence-corrected chi connectivity index (χ2v) is 4.61. The number of hydrogen-bond donors (Lipinski definition) is 0. The van der Waals surface area contributed by atoms with Crippen molar-refractivity contribution >= 4 is 15.9 Å². The van der Waals surface area contributed by atoms with Crippen LogP contribution in [-0.4, -0.2) is 25.6 Å². The minimum atomic E-state index is -4.65. The molecule has 0 atom stereocenters. The van der Waals surface area contributed by atoms with Crippen LogP contribution >= 0.6 is 15.9 Å². The predicted octanol–water partition coefficient (Wildman–Crippen LogP) is 4.20. The molecule has 0 saturated carbocycles. The molecule has 0 unspecified atom stereocenters. The van der Waals surface area contributed by atoms with Gasteiger partial charge in [-0.3, -0.25) is 0 Å². The van der Waals surface area contributed by atoms with Gasteiger partial charge < -0.3 is 9.47 Å². The van der Waals surface area contributed by atoms with E-state index in [-0.39, 0.29) is 4.47 Å². The van der Waals surface area contributed by atoms with Crippen LogP contribution in [0.3, 0.4) is 0 Å². The largest absolute Gasteiger partial charge is 0.483 e. The van der Waals surface area contributed by atoms with Gasteiger partial charge in [0.1, 0.15) is 23.1 Å². The Morgan fingerprint density at radius 3 is 1.62 bits per heavy atom. The highest BCUT2D eigenvalue weighted by atomic mass is 79.9. The second kappa shape index (κ2) is 6.43. The number of benzene rings is 1. The van der Waals surface area contributed by atoms with Crippen LogP contribution in [0.15, 0.2) is 16.6 Å². The lowest BCUT2D eigenvalue weighted by molar-refractivity contribution is -0.154. The summed E-state index contributed by atoms with van der Waals surface area (Å²) in [6.07, 6.45) is -9.30. The summed E-state index contributed by atoms with van der Waals surface area (Å²) in [6, 6.07) is 3.52. The van der Waals surface area contributed by atoms with Crippen LogP contribution in [0.5, 0.6) is 11.5 Å². The molecule has 116 valence electrons. The number of rotatable bonds is 4. The lowest BCUT2D eigenvalue weighted by Gasteiger charge is -2.15. The fourth-order valence-electron chi connectivity index (χ4n) is 1.21. The summed E-state index contributed by atoms with van der Waals surface area (Å²) in [7, 11) is 0. The molecule has 0 aliphatic carbocycles. The molecule has 0 amide bonds. The van der Waals surface area contributed by atoms with Gasteiger partial charge in [-0.05, 0) is 12.1 Å². The van der Waals surface area contributed by atoms with E-state index in [1.165, 1.54) is 6.07 Å². The third-order valence-corrected chi connectivity index (χ3v) is 2.38. The Morgan fingerprint density at radius 1 is 0.952 bits per heavy atom. The fourth-order valence-corrected chi connectivity index (χ4v) is 1.63. The normalized spacial score (nSPS) is 11.9. The van der Waals surface area contributed by atoms with E-state index in [4.69, 9.17) is 5.26 Å². The molecule has 1 aromatic rings. The van der Waals surface area contributed by atoms with Crippen molar-refractivity contribution in [1.82, 2.24) is 0 Å². The van der Waals surface area contributed by atoms with Crippen LogP contribution in [0.2, 0.25) is 0 Å². The highest BCUT2D eigenvalue weighted by molar-refractivity contribution is 9.10. The Hall–Kier alpha value is -1.63. The van der Waals surface area contributed by atoms with Crippen LogP contribution in [0.4, 0.5) is 26.3 Å². The molecule has 0 saturated heterocycles. The van der Waals surface area contributed by atoms with Crippen LogP contribution in [0, 0.1) is 11.3 Å². The van der Waals surface area contributed by atoms with Gasteiger partial charge >= 0.3 is 12.4 Å². The minimum Gasteiger partial charge on any atom is -0.483 e. The summed E-state index contributed by atoms with van der Waals surface area (Å²) in [6.45, 7) is -3.37. The average molecular weight is 378 g/mol. The standard InChI is InChI=1S/C11H6BrF6NO2/c12-6-1-8(20-4-10(13,14)15)7(3-19)9(2-6)21-5-11(16,17)18/h1-2H,4-5H2. The number of halogens is 7. The molecule has 3 nitrogen and oxygen atoms in total. The van der Waals surface area contributed by atoms with Crippen molar-refractivity contribution in [1.29, 1.82) is 5.26 Å². The summed E-state index contributed by atoms with van der Waals surface area (Å²) >= 11 is 2.89. The van der Waals surface area contributed by atoms with Gasteiger partial charge in [-0.2, -0.15) is 31.6 Å². The van der Waals surface area contributed by atoms with Gasteiger partial charge in [-0.25, -0.2) is 0 Å². The maximum Gasteiger partial charge on any atom is 0.422 e. The molecule has 0 heterocycles. The summed E-state index contributed by atoms with van der Waals surface area (Å²) in [4.78, 5) is 0. The van der Waals surface area contributed by atoms with E-state index in [2.05, 4.69) is 25.4 Å². The number of hydrogen-bond acceptors (Lipinski definition) is 3. The Labute approximate surface area is 123 Å². The number of nitriles is 1. The molecule has 0 spiro atoms. The van der Waals surface area contributed by atoms with Crippen LogP contribution < -0.4 is 9.47 Å². The van der Waals surface area contributed by atoms with E-state index in [9.17, 15) is 26.3 Å². The van der Waals surface area contributed by atoms with E-state index >= 15 is 0 Å². The Balaban J connectivity index is 3.04. The number of ether oxygens (including phenoxy) is 2. The minimum absolute atomic E-state index is 0.107. The maximum atomic E-state index is 12.1. The highest BCUT2D eigenvalue weighted by Gasteiger charge is 2.31. The first-order chi connectivity index (χ1) is 9.52. The van der Waals surface area contributed by atoms with Gasteiger partial charge in [-0.1, -0.05) is 15.9 Å². The Morgan fingerprint density at radius 2 is 1.33 bits per heavy atom. The lowest BCUT2D eigenvalue weighted by atomic mass is 10.2. The van der Waals surface area contributed by atoms with E-state index in [1.807, 2.05) is 0 Å². The van der Waals surface area contributed by atoms with Crippen molar-refractivity contribution in [3.8, 4) is 17.6 Å². The quantitative estimate of drug-likeness (QED) is 0.738. The number of nitrogens with zero attached hydrogens (tertiary/aromatic N) is 1. The molecule has 21 heavy (non-hydrogen) atoms. The highest BCUT2D eigenvalue weighted by Crippen LogP contribution is 2.34. The third kappa shape index (κ3) is 6.12. The molecule has 0 radical (unpaired) electrons. The first kappa shape index (κ1) is 17.4. The Bertz CT molecular complexity index is 510. The van der Waals surface area contributed by atoms with Crippen molar-refractivity contribution in [2.24, 2.45) is 0 Å².